The highest BCUT2D eigenvalue weighted by molar-refractivity contribution is 5.83. The molecule has 0 aliphatic rings. The Labute approximate surface area is 183 Å². The molecule has 32 heavy (non-hydrogen) atoms. The van der Waals surface area contributed by atoms with Crippen molar-refractivity contribution < 1.29 is 23.7 Å². The fraction of sp³-hybridized carbons (Fsp3) is 0.182. The van der Waals surface area contributed by atoms with Crippen molar-refractivity contribution in [3.05, 3.63) is 66.2 Å². The predicted molar refractivity (Wildman–Crippen MR) is 116 cm³/mol. The van der Waals surface area contributed by atoms with Crippen LogP contribution in [-0.4, -0.2) is 46.0 Å². The largest absolute Gasteiger partial charge is 0.521 e. The van der Waals surface area contributed by atoms with Gasteiger partial charge in [-0.25, -0.2) is 4.79 Å². The fourth-order valence-electron chi connectivity index (χ4n) is 2.93. The van der Waals surface area contributed by atoms with Crippen LogP contribution >= 0.6 is 0 Å². The maximum Gasteiger partial charge on any atom is 0.521 e. The Morgan fingerprint density at radius 1 is 0.938 bits per heavy atom. The second-order valence-electron chi connectivity index (χ2n) is 6.64. The Balaban J connectivity index is 1.68. The number of fused-ring (bicyclic) bond motifs is 1. The van der Waals surface area contributed by atoms with Crippen LogP contribution in [0, 0.1) is 0 Å². The molecule has 2 heterocycles. The lowest BCUT2D eigenvalue weighted by Crippen LogP contribution is -2.17. The predicted octanol–water partition coefficient (Wildman–Crippen LogP) is 3.06. The molecule has 2 aromatic carbocycles. The number of hydrogen-bond acceptors (Lipinski definition) is 9. The molecule has 10 heteroatoms. The van der Waals surface area contributed by atoms with E-state index in [1.807, 2.05) is 36.4 Å². The van der Waals surface area contributed by atoms with Gasteiger partial charge in [0.2, 0.25) is 0 Å². The second kappa shape index (κ2) is 9.75. The lowest BCUT2D eigenvalue weighted by Gasteiger charge is -2.10. The number of para-hydroxylation sites is 1. The van der Waals surface area contributed by atoms with Crippen LogP contribution in [0.15, 0.2) is 60.7 Å². The topological polar surface area (TPSA) is 124 Å². The summed E-state index contributed by atoms with van der Waals surface area (Å²) in [6.45, 7) is 0.935. The quantitative estimate of drug-likeness (QED) is 0.253. The lowest BCUT2D eigenvalue weighted by atomic mass is 10.2. The molecule has 0 aliphatic heterocycles. The van der Waals surface area contributed by atoms with Gasteiger partial charge in [0.25, 0.3) is 0 Å². The van der Waals surface area contributed by atoms with Gasteiger partial charge in [0.15, 0.2) is 17.0 Å². The van der Waals surface area contributed by atoms with Gasteiger partial charge in [-0.15, -0.1) is 0 Å². The molecule has 2 N–H and O–H groups in total. The maximum atomic E-state index is 12.4. The van der Waals surface area contributed by atoms with Crippen LogP contribution in [-0.2, 0) is 11.3 Å². The fourth-order valence-corrected chi connectivity index (χ4v) is 2.93. The number of methoxy groups -OCH3 is 1. The van der Waals surface area contributed by atoms with Crippen LogP contribution in [0.2, 0.25) is 0 Å². The molecule has 0 radical (unpaired) electrons. The van der Waals surface area contributed by atoms with Gasteiger partial charge in [-0.3, -0.25) is 4.57 Å². The number of nitrogens with zero attached hydrogens (tertiary/aromatic N) is 4. The van der Waals surface area contributed by atoms with E-state index in [1.165, 1.54) is 0 Å². The van der Waals surface area contributed by atoms with Gasteiger partial charge in [-0.05, 0) is 17.7 Å². The third kappa shape index (κ3) is 4.93. The van der Waals surface area contributed by atoms with Crippen molar-refractivity contribution in [2.45, 2.75) is 6.54 Å². The van der Waals surface area contributed by atoms with Crippen LogP contribution in [0.1, 0.15) is 5.56 Å². The molecular weight excluding hydrogens is 414 g/mol. The standard InChI is InChI=1S/C22H21N5O5/c1-29-12-13-30-20-25-18(23)17-19(26-20)27(14-15-8-4-2-5-9-15)21(24-17)32-22(28)31-16-10-6-3-7-11-16/h2-11H,12-14H2,1H3,(H2,23,25,26). The number of hydrogen-bond donors (Lipinski definition) is 1. The van der Waals surface area contributed by atoms with E-state index in [-0.39, 0.29) is 30.0 Å². The normalized spacial score (nSPS) is 10.8. The lowest BCUT2D eigenvalue weighted by molar-refractivity contribution is 0.141. The summed E-state index contributed by atoms with van der Waals surface area (Å²) in [7, 11) is 1.56. The van der Waals surface area contributed by atoms with E-state index in [1.54, 1.807) is 35.9 Å². The SMILES string of the molecule is COCCOc1nc(N)c2nc(OC(=O)Oc3ccccc3)n(Cc3ccccc3)c2n1. The van der Waals surface area contributed by atoms with E-state index in [4.69, 9.17) is 24.7 Å². The second-order valence-corrected chi connectivity index (χ2v) is 6.64. The maximum absolute atomic E-state index is 12.4. The molecular formula is C22H21N5O5. The van der Waals surface area contributed by atoms with Gasteiger partial charge in [0.1, 0.15) is 12.4 Å². The van der Waals surface area contributed by atoms with E-state index < -0.39 is 6.16 Å². The number of nitrogen functional groups attached to an aromatic ring is 1. The highest BCUT2D eigenvalue weighted by Crippen LogP contribution is 2.27. The molecule has 0 atom stereocenters. The highest BCUT2D eigenvalue weighted by atomic mass is 16.7. The van der Waals surface area contributed by atoms with Crippen LogP contribution in [0.25, 0.3) is 11.2 Å². The molecule has 2 aromatic heterocycles. The Morgan fingerprint density at radius 2 is 1.66 bits per heavy atom. The third-order valence-corrected chi connectivity index (χ3v) is 4.39. The van der Waals surface area contributed by atoms with E-state index in [0.29, 0.717) is 24.5 Å². The first-order chi connectivity index (χ1) is 15.6. The highest BCUT2D eigenvalue weighted by Gasteiger charge is 2.21. The van der Waals surface area contributed by atoms with Gasteiger partial charge in [-0.1, -0.05) is 48.5 Å². The first-order valence-electron chi connectivity index (χ1n) is 9.78. The molecule has 164 valence electrons. The summed E-state index contributed by atoms with van der Waals surface area (Å²) >= 11 is 0. The summed E-state index contributed by atoms with van der Waals surface area (Å²) in [5.74, 6) is 0.437. The van der Waals surface area contributed by atoms with E-state index in [2.05, 4.69) is 15.0 Å². The minimum absolute atomic E-state index is 0.0279. The summed E-state index contributed by atoms with van der Waals surface area (Å²) in [5.41, 5.74) is 7.66. The molecule has 4 aromatic rings. The molecule has 4 rings (SSSR count). The number of ether oxygens (including phenoxy) is 4. The smallest absolute Gasteiger partial charge is 0.461 e. The number of carbonyl (C=O) groups excluding carboxylic acids is 1. The van der Waals surface area contributed by atoms with Gasteiger partial charge in [0, 0.05) is 7.11 Å². The number of rotatable bonds is 8. The van der Waals surface area contributed by atoms with Crippen molar-refractivity contribution in [3.8, 4) is 17.8 Å². The average Bonchev–Trinajstić information content (AvgIpc) is 3.13. The number of imidazole rings is 1. The summed E-state index contributed by atoms with van der Waals surface area (Å²) in [5, 5.41) is 0. The van der Waals surface area contributed by atoms with Crippen molar-refractivity contribution in [1.82, 2.24) is 19.5 Å². The zero-order chi connectivity index (χ0) is 22.3. The van der Waals surface area contributed by atoms with Gasteiger partial charge >= 0.3 is 18.2 Å². The number of aromatic nitrogens is 4. The molecule has 0 spiro atoms. The Morgan fingerprint density at radius 3 is 2.38 bits per heavy atom. The number of benzene rings is 2. The summed E-state index contributed by atoms with van der Waals surface area (Å²) in [6.07, 6.45) is -0.941. The first kappa shape index (κ1) is 21.1. The van der Waals surface area contributed by atoms with Crippen molar-refractivity contribution in [3.63, 3.8) is 0 Å². The number of carbonyl (C=O) groups is 1. The Kier molecular flexibility index (Phi) is 6.42. The Bertz CT molecular complexity index is 1200. The van der Waals surface area contributed by atoms with Crippen LogP contribution in [0.3, 0.4) is 0 Å². The molecule has 0 amide bonds. The molecule has 0 saturated carbocycles. The minimum Gasteiger partial charge on any atom is -0.461 e. The summed E-state index contributed by atoms with van der Waals surface area (Å²) < 4.78 is 22.7. The molecule has 0 fully saturated rings. The third-order valence-electron chi connectivity index (χ3n) is 4.39. The first-order valence-corrected chi connectivity index (χ1v) is 9.78. The average molecular weight is 435 g/mol. The zero-order valence-electron chi connectivity index (χ0n) is 17.3. The minimum atomic E-state index is -0.941. The zero-order valence-corrected chi connectivity index (χ0v) is 17.3. The summed E-state index contributed by atoms with van der Waals surface area (Å²) in [4.78, 5) is 25.3. The van der Waals surface area contributed by atoms with Crippen molar-refractivity contribution in [2.75, 3.05) is 26.1 Å². The molecule has 0 unspecified atom stereocenters. The van der Waals surface area contributed by atoms with Gasteiger partial charge in [0.05, 0.1) is 13.2 Å². The van der Waals surface area contributed by atoms with E-state index in [0.717, 1.165) is 5.56 Å². The monoisotopic (exact) mass is 435 g/mol. The van der Waals surface area contributed by atoms with Gasteiger partial charge < -0.3 is 24.7 Å². The Hall–Kier alpha value is -4.18. The van der Waals surface area contributed by atoms with Gasteiger partial charge in [-0.2, -0.15) is 15.0 Å². The number of anilines is 1. The van der Waals surface area contributed by atoms with Crippen LogP contribution in [0.5, 0.6) is 17.8 Å². The molecule has 0 bridgehead atoms. The van der Waals surface area contributed by atoms with Crippen molar-refractivity contribution in [1.29, 1.82) is 0 Å². The van der Waals surface area contributed by atoms with Crippen LogP contribution in [0.4, 0.5) is 10.6 Å². The molecule has 10 nitrogen and oxygen atoms in total. The van der Waals surface area contributed by atoms with E-state index in [9.17, 15) is 4.79 Å². The van der Waals surface area contributed by atoms with E-state index >= 15 is 0 Å². The van der Waals surface area contributed by atoms with Crippen molar-refractivity contribution in [2.24, 2.45) is 0 Å². The molecule has 0 aliphatic carbocycles. The van der Waals surface area contributed by atoms with Crippen molar-refractivity contribution >= 4 is 23.1 Å². The summed E-state index contributed by atoms with van der Waals surface area (Å²) in [6, 6.07) is 18.2. The molecule has 0 saturated heterocycles. The number of nitrogens with two attached hydrogens (primary N) is 1. The van der Waals surface area contributed by atoms with Crippen LogP contribution < -0.4 is 19.9 Å².